The fourth-order valence-corrected chi connectivity index (χ4v) is 1.83. The van der Waals surface area contributed by atoms with Crippen LogP contribution in [0.4, 0.5) is 5.69 Å². The highest BCUT2D eigenvalue weighted by molar-refractivity contribution is 5.94. The Labute approximate surface area is 92.1 Å². The molecule has 0 atom stereocenters. The topological polar surface area (TPSA) is 59.1 Å². The van der Waals surface area contributed by atoms with Crippen LogP contribution in [-0.4, -0.2) is 10.1 Å². The average molecular weight is 210 g/mol. The Kier molecular flexibility index (Phi) is 1.74. The molecule has 0 aliphatic carbocycles. The van der Waals surface area contributed by atoms with Crippen molar-refractivity contribution in [2.24, 2.45) is 0 Å². The molecule has 0 bridgehead atoms. The number of anilines is 1. The smallest absolute Gasteiger partial charge is 0.117 e. The van der Waals surface area contributed by atoms with Crippen LogP contribution < -0.4 is 5.73 Å². The van der Waals surface area contributed by atoms with E-state index in [-0.39, 0.29) is 5.75 Å². The fraction of sp³-hybridized carbons (Fsp3) is 0. The van der Waals surface area contributed by atoms with Crippen LogP contribution in [0.5, 0.6) is 5.75 Å². The molecule has 0 aliphatic heterocycles. The fourth-order valence-electron chi connectivity index (χ4n) is 1.83. The first kappa shape index (κ1) is 8.97. The predicted octanol–water partition coefficient (Wildman–Crippen LogP) is 2.68. The summed E-state index contributed by atoms with van der Waals surface area (Å²) in [6, 6.07) is 12.8. The second-order valence-electron chi connectivity index (χ2n) is 3.82. The van der Waals surface area contributed by atoms with E-state index in [0.29, 0.717) is 5.69 Å². The molecule has 3 heteroatoms. The summed E-state index contributed by atoms with van der Waals surface area (Å²) in [7, 11) is 0. The molecule has 0 saturated carbocycles. The summed E-state index contributed by atoms with van der Waals surface area (Å²) in [4.78, 5) is 4.46. The van der Waals surface area contributed by atoms with Gasteiger partial charge in [-0.2, -0.15) is 0 Å². The van der Waals surface area contributed by atoms with E-state index < -0.39 is 0 Å². The van der Waals surface area contributed by atoms with E-state index in [1.807, 2.05) is 30.3 Å². The molecule has 0 aliphatic rings. The van der Waals surface area contributed by atoms with Gasteiger partial charge in [0, 0.05) is 22.5 Å². The van der Waals surface area contributed by atoms with Crippen molar-refractivity contribution < 1.29 is 5.11 Å². The van der Waals surface area contributed by atoms with Crippen molar-refractivity contribution in [2.45, 2.75) is 0 Å². The van der Waals surface area contributed by atoms with Gasteiger partial charge < -0.3 is 10.8 Å². The van der Waals surface area contributed by atoms with Gasteiger partial charge in [-0.3, -0.25) is 0 Å². The molecule has 0 amide bonds. The maximum absolute atomic E-state index is 9.39. The van der Waals surface area contributed by atoms with Crippen molar-refractivity contribution >= 4 is 27.5 Å². The quantitative estimate of drug-likeness (QED) is 0.443. The summed E-state index contributed by atoms with van der Waals surface area (Å²) in [6.07, 6.45) is 0. The van der Waals surface area contributed by atoms with E-state index in [1.54, 1.807) is 12.1 Å². The number of phenols is 1. The molecular formula is C13H10N2O. The van der Waals surface area contributed by atoms with E-state index in [2.05, 4.69) is 4.98 Å². The lowest BCUT2D eigenvalue weighted by Gasteiger charge is -2.02. The van der Waals surface area contributed by atoms with Gasteiger partial charge in [-0.25, -0.2) is 4.98 Å². The number of nitrogens with two attached hydrogens (primary N) is 1. The maximum atomic E-state index is 9.39. The van der Waals surface area contributed by atoms with Crippen LogP contribution in [0.2, 0.25) is 0 Å². The molecule has 0 unspecified atom stereocenters. The SMILES string of the molecule is Nc1ccc2cc3ccc(O)cc3nc2c1. The number of aromatic nitrogens is 1. The minimum Gasteiger partial charge on any atom is -0.508 e. The van der Waals surface area contributed by atoms with Crippen molar-refractivity contribution in [3.8, 4) is 5.75 Å². The van der Waals surface area contributed by atoms with Crippen molar-refractivity contribution in [2.75, 3.05) is 5.73 Å². The predicted molar refractivity (Wildman–Crippen MR) is 65.3 cm³/mol. The van der Waals surface area contributed by atoms with Crippen molar-refractivity contribution in [3.05, 3.63) is 42.5 Å². The molecule has 3 nitrogen and oxygen atoms in total. The van der Waals surface area contributed by atoms with Crippen LogP contribution in [0.3, 0.4) is 0 Å². The number of aromatic hydroxyl groups is 1. The van der Waals surface area contributed by atoms with Gasteiger partial charge in [0.25, 0.3) is 0 Å². The monoisotopic (exact) mass is 210 g/mol. The summed E-state index contributed by atoms with van der Waals surface area (Å²) in [6.45, 7) is 0. The van der Waals surface area contributed by atoms with Gasteiger partial charge >= 0.3 is 0 Å². The number of pyridine rings is 1. The zero-order valence-corrected chi connectivity index (χ0v) is 8.51. The van der Waals surface area contributed by atoms with Gasteiger partial charge in [0.1, 0.15) is 5.75 Å². The standard InChI is InChI=1S/C13H10N2O/c14-10-3-1-8-5-9-2-4-11(16)7-13(9)15-12(8)6-10/h1-7,16H,14H2. The van der Waals surface area contributed by atoms with Crippen LogP contribution in [0.15, 0.2) is 42.5 Å². The number of nitrogens with zero attached hydrogens (tertiary/aromatic N) is 1. The van der Waals surface area contributed by atoms with Gasteiger partial charge in [-0.15, -0.1) is 0 Å². The van der Waals surface area contributed by atoms with Gasteiger partial charge in [0.2, 0.25) is 0 Å². The molecule has 3 N–H and O–H groups in total. The zero-order valence-electron chi connectivity index (χ0n) is 8.51. The Bertz CT molecular complexity index is 635. The molecular weight excluding hydrogens is 200 g/mol. The summed E-state index contributed by atoms with van der Waals surface area (Å²) in [5.41, 5.74) is 8.02. The first-order chi connectivity index (χ1) is 7.72. The van der Waals surface area contributed by atoms with Gasteiger partial charge in [-0.05, 0) is 30.3 Å². The number of nitrogen functional groups attached to an aromatic ring is 1. The molecule has 0 fully saturated rings. The lowest BCUT2D eigenvalue weighted by Crippen LogP contribution is -1.86. The Morgan fingerprint density at radius 2 is 1.56 bits per heavy atom. The summed E-state index contributed by atoms with van der Waals surface area (Å²) in [5, 5.41) is 11.5. The molecule has 3 aromatic rings. The molecule has 1 heterocycles. The Balaban J connectivity index is 2.44. The van der Waals surface area contributed by atoms with Gasteiger partial charge in [0.05, 0.1) is 11.0 Å². The average Bonchev–Trinajstić information content (AvgIpc) is 2.26. The molecule has 78 valence electrons. The molecule has 2 aromatic carbocycles. The maximum Gasteiger partial charge on any atom is 0.117 e. The van der Waals surface area contributed by atoms with E-state index in [9.17, 15) is 5.11 Å². The van der Waals surface area contributed by atoms with Crippen LogP contribution in [0.25, 0.3) is 21.8 Å². The third-order valence-corrected chi connectivity index (χ3v) is 2.62. The second kappa shape index (κ2) is 3.10. The number of hydrogen-bond donors (Lipinski definition) is 2. The van der Waals surface area contributed by atoms with Crippen LogP contribution in [0, 0.1) is 0 Å². The highest BCUT2D eigenvalue weighted by atomic mass is 16.3. The van der Waals surface area contributed by atoms with Crippen LogP contribution >= 0.6 is 0 Å². The number of phenolic OH excluding ortho intramolecular Hbond substituents is 1. The molecule has 1 aromatic heterocycles. The number of benzene rings is 2. The minimum absolute atomic E-state index is 0.225. The first-order valence-electron chi connectivity index (χ1n) is 5.01. The molecule has 16 heavy (non-hydrogen) atoms. The third kappa shape index (κ3) is 1.34. The second-order valence-corrected chi connectivity index (χ2v) is 3.82. The lowest BCUT2D eigenvalue weighted by molar-refractivity contribution is 0.476. The van der Waals surface area contributed by atoms with E-state index >= 15 is 0 Å². The van der Waals surface area contributed by atoms with Crippen molar-refractivity contribution in [1.82, 2.24) is 4.98 Å². The van der Waals surface area contributed by atoms with Crippen LogP contribution in [0.1, 0.15) is 0 Å². The zero-order chi connectivity index (χ0) is 11.1. The lowest BCUT2D eigenvalue weighted by atomic mass is 10.1. The summed E-state index contributed by atoms with van der Waals surface area (Å²) in [5.74, 6) is 0.225. The van der Waals surface area contributed by atoms with Crippen molar-refractivity contribution in [1.29, 1.82) is 0 Å². The van der Waals surface area contributed by atoms with E-state index in [1.165, 1.54) is 0 Å². The van der Waals surface area contributed by atoms with Gasteiger partial charge in [0.15, 0.2) is 0 Å². The van der Waals surface area contributed by atoms with E-state index in [4.69, 9.17) is 5.73 Å². The Morgan fingerprint density at radius 1 is 0.875 bits per heavy atom. The molecule has 3 rings (SSSR count). The number of fused-ring (bicyclic) bond motifs is 2. The molecule has 0 saturated heterocycles. The van der Waals surface area contributed by atoms with Crippen molar-refractivity contribution in [3.63, 3.8) is 0 Å². The Hall–Kier alpha value is -2.29. The normalized spacial score (nSPS) is 11.0. The Morgan fingerprint density at radius 3 is 2.38 bits per heavy atom. The molecule has 0 spiro atoms. The van der Waals surface area contributed by atoms with E-state index in [0.717, 1.165) is 21.8 Å². The number of hydrogen-bond acceptors (Lipinski definition) is 3. The summed E-state index contributed by atoms with van der Waals surface area (Å²) < 4.78 is 0. The largest absolute Gasteiger partial charge is 0.508 e. The number of rotatable bonds is 0. The minimum atomic E-state index is 0.225. The van der Waals surface area contributed by atoms with Gasteiger partial charge in [-0.1, -0.05) is 6.07 Å². The summed E-state index contributed by atoms with van der Waals surface area (Å²) >= 11 is 0. The third-order valence-electron chi connectivity index (χ3n) is 2.62. The first-order valence-corrected chi connectivity index (χ1v) is 5.01. The highest BCUT2D eigenvalue weighted by Gasteiger charge is 2.01. The highest BCUT2D eigenvalue weighted by Crippen LogP contribution is 2.23. The van der Waals surface area contributed by atoms with Crippen LogP contribution in [-0.2, 0) is 0 Å². The molecule has 0 radical (unpaired) electrons.